The van der Waals surface area contributed by atoms with E-state index in [1.54, 1.807) is 20.8 Å². The average molecular weight is 237 g/mol. The molecule has 0 aliphatic carbocycles. The smallest absolute Gasteiger partial charge is 0.407 e. The highest BCUT2D eigenvalue weighted by Gasteiger charge is 2.24. The summed E-state index contributed by atoms with van der Waals surface area (Å²) in [7, 11) is 0. The van der Waals surface area contributed by atoms with E-state index in [0.717, 1.165) is 5.56 Å². The van der Waals surface area contributed by atoms with Crippen molar-refractivity contribution in [1.82, 2.24) is 5.32 Å². The van der Waals surface area contributed by atoms with E-state index < -0.39 is 11.7 Å². The number of amides is 1. The molecule has 0 aromatic heterocycles. The molecule has 0 saturated heterocycles. The van der Waals surface area contributed by atoms with Crippen LogP contribution in [-0.4, -0.2) is 22.8 Å². The Bertz CT molecular complexity index is 357. The number of carbonyl (C=O) groups is 1. The van der Waals surface area contributed by atoms with Crippen LogP contribution in [0.4, 0.5) is 4.79 Å². The van der Waals surface area contributed by atoms with Crippen LogP contribution in [-0.2, 0) is 11.3 Å². The number of hydrogen-bond acceptors (Lipinski definition) is 3. The van der Waals surface area contributed by atoms with Gasteiger partial charge in [0.15, 0.2) is 0 Å². The van der Waals surface area contributed by atoms with E-state index in [0.29, 0.717) is 0 Å². The molecule has 0 bridgehead atoms. The van der Waals surface area contributed by atoms with E-state index in [2.05, 4.69) is 5.32 Å². The van der Waals surface area contributed by atoms with Gasteiger partial charge < -0.3 is 15.2 Å². The number of alkyl carbamates (subject to hydrolysis) is 1. The van der Waals surface area contributed by atoms with Gasteiger partial charge in [0.25, 0.3) is 0 Å². The van der Waals surface area contributed by atoms with Gasteiger partial charge in [-0.05, 0) is 26.3 Å². The number of rotatable bonds is 4. The number of benzene rings is 1. The second-order valence-electron chi connectivity index (χ2n) is 4.58. The summed E-state index contributed by atoms with van der Waals surface area (Å²) in [5.41, 5.74) is -0.0373. The minimum atomic E-state index is -0.967. The number of aliphatic hydroxyl groups is 1. The largest absolute Gasteiger partial charge is 0.445 e. The number of hydrogen-bond donors (Lipinski definition) is 2. The Morgan fingerprint density at radius 2 is 2.00 bits per heavy atom. The molecule has 0 radical (unpaired) electrons. The first kappa shape index (κ1) is 13.5. The lowest BCUT2D eigenvalue weighted by Gasteiger charge is -2.26. The van der Waals surface area contributed by atoms with Crippen LogP contribution < -0.4 is 5.32 Å². The second kappa shape index (κ2) is 5.68. The summed E-state index contributed by atoms with van der Waals surface area (Å²) < 4.78 is 5.03. The Kier molecular flexibility index (Phi) is 4.52. The van der Waals surface area contributed by atoms with Gasteiger partial charge >= 0.3 is 6.09 Å². The molecule has 0 aliphatic heterocycles. The Hall–Kier alpha value is -1.55. The normalized spacial score (nSPS) is 12.9. The molecule has 0 fully saturated rings. The van der Waals surface area contributed by atoms with Crippen molar-refractivity contribution in [3.8, 4) is 0 Å². The predicted molar refractivity (Wildman–Crippen MR) is 65.5 cm³/mol. The number of ether oxygens (including phenoxy) is 1. The van der Waals surface area contributed by atoms with Gasteiger partial charge in [-0.1, -0.05) is 30.3 Å². The summed E-state index contributed by atoms with van der Waals surface area (Å²) in [4.78, 5) is 11.4. The van der Waals surface area contributed by atoms with Gasteiger partial charge in [-0.2, -0.15) is 0 Å². The van der Waals surface area contributed by atoms with Gasteiger partial charge in [-0.25, -0.2) is 4.79 Å². The fourth-order valence-corrected chi connectivity index (χ4v) is 1.12. The maximum Gasteiger partial charge on any atom is 0.407 e. The first-order valence-electron chi connectivity index (χ1n) is 5.59. The van der Waals surface area contributed by atoms with Crippen molar-refractivity contribution >= 4 is 6.09 Å². The average Bonchev–Trinajstić information content (AvgIpc) is 2.26. The molecule has 1 amide bonds. The van der Waals surface area contributed by atoms with Crippen LogP contribution in [0.15, 0.2) is 30.3 Å². The fraction of sp³-hybridized carbons (Fsp3) is 0.462. The molecule has 0 spiro atoms. The summed E-state index contributed by atoms with van der Waals surface area (Å²) >= 11 is 0. The van der Waals surface area contributed by atoms with Crippen molar-refractivity contribution in [3.63, 3.8) is 0 Å². The topological polar surface area (TPSA) is 58.6 Å². The molecule has 1 aromatic rings. The predicted octanol–water partition coefficient (Wildman–Crippen LogP) is 2.07. The van der Waals surface area contributed by atoms with Gasteiger partial charge in [0.1, 0.15) is 6.61 Å². The van der Waals surface area contributed by atoms with Crippen molar-refractivity contribution in [1.29, 1.82) is 0 Å². The molecule has 0 unspecified atom stereocenters. The minimum Gasteiger partial charge on any atom is -0.445 e. The highest BCUT2D eigenvalue weighted by molar-refractivity contribution is 5.67. The van der Waals surface area contributed by atoms with Gasteiger partial charge in [0.2, 0.25) is 0 Å². The van der Waals surface area contributed by atoms with Crippen molar-refractivity contribution in [2.75, 3.05) is 0 Å². The van der Waals surface area contributed by atoms with Crippen LogP contribution in [0.1, 0.15) is 26.3 Å². The van der Waals surface area contributed by atoms with E-state index in [9.17, 15) is 9.90 Å². The highest BCUT2D eigenvalue weighted by Crippen LogP contribution is 2.08. The molecule has 1 aromatic carbocycles. The first-order valence-corrected chi connectivity index (χ1v) is 5.59. The zero-order valence-electron chi connectivity index (χ0n) is 10.4. The van der Waals surface area contributed by atoms with Crippen LogP contribution >= 0.6 is 0 Å². The Labute approximate surface area is 102 Å². The summed E-state index contributed by atoms with van der Waals surface area (Å²) in [6.07, 6.45) is -0.525. The zero-order valence-corrected chi connectivity index (χ0v) is 10.4. The molecular formula is C13H19NO3. The first-order chi connectivity index (χ1) is 7.89. The summed E-state index contributed by atoms with van der Waals surface area (Å²) in [6, 6.07) is 9.07. The Morgan fingerprint density at radius 1 is 1.41 bits per heavy atom. The highest BCUT2D eigenvalue weighted by atomic mass is 16.5. The standard InChI is InChI=1S/C13H19NO3/c1-10(13(2,3)16)14-12(15)17-9-11-7-5-4-6-8-11/h4-8,10,16H,9H2,1-3H3,(H,14,15)/t10-/m0/s1. The molecule has 0 aliphatic rings. The zero-order chi connectivity index (χ0) is 12.9. The molecule has 4 heteroatoms. The van der Waals surface area contributed by atoms with Crippen LogP contribution in [0.25, 0.3) is 0 Å². The molecular weight excluding hydrogens is 218 g/mol. The van der Waals surface area contributed by atoms with Crippen LogP contribution in [0.3, 0.4) is 0 Å². The SMILES string of the molecule is C[C@H](NC(=O)OCc1ccccc1)C(C)(C)O. The molecule has 4 nitrogen and oxygen atoms in total. The lowest BCUT2D eigenvalue weighted by Crippen LogP contribution is -2.47. The fourth-order valence-electron chi connectivity index (χ4n) is 1.12. The third-order valence-electron chi connectivity index (χ3n) is 2.61. The maximum absolute atomic E-state index is 11.4. The molecule has 0 saturated carbocycles. The molecule has 94 valence electrons. The van der Waals surface area contributed by atoms with Crippen LogP contribution in [0, 0.1) is 0 Å². The third-order valence-corrected chi connectivity index (χ3v) is 2.61. The quantitative estimate of drug-likeness (QED) is 0.842. The van der Waals surface area contributed by atoms with E-state index in [4.69, 9.17) is 4.74 Å². The van der Waals surface area contributed by atoms with Crippen molar-refractivity contribution in [3.05, 3.63) is 35.9 Å². The summed E-state index contributed by atoms with van der Waals surface area (Å²) in [5, 5.41) is 12.2. The van der Waals surface area contributed by atoms with Crippen molar-refractivity contribution in [2.45, 2.75) is 39.0 Å². The van der Waals surface area contributed by atoms with E-state index in [1.807, 2.05) is 30.3 Å². The van der Waals surface area contributed by atoms with Gasteiger partial charge in [0, 0.05) is 0 Å². The minimum absolute atomic E-state index is 0.227. The molecule has 0 heterocycles. The van der Waals surface area contributed by atoms with E-state index in [1.165, 1.54) is 0 Å². The van der Waals surface area contributed by atoms with Crippen LogP contribution in [0.5, 0.6) is 0 Å². The third kappa shape index (κ3) is 4.87. The lowest BCUT2D eigenvalue weighted by atomic mass is 10.0. The number of nitrogens with one attached hydrogen (secondary N) is 1. The van der Waals surface area contributed by atoms with Gasteiger partial charge in [0.05, 0.1) is 11.6 Å². The summed E-state index contributed by atoms with van der Waals surface area (Å²) in [6.45, 7) is 5.22. The van der Waals surface area contributed by atoms with Gasteiger partial charge in [-0.3, -0.25) is 0 Å². The molecule has 1 rings (SSSR count). The van der Waals surface area contributed by atoms with E-state index >= 15 is 0 Å². The Morgan fingerprint density at radius 3 is 2.53 bits per heavy atom. The van der Waals surface area contributed by atoms with E-state index in [-0.39, 0.29) is 12.6 Å². The number of carbonyl (C=O) groups excluding carboxylic acids is 1. The van der Waals surface area contributed by atoms with Gasteiger partial charge in [-0.15, -0.1) is 0 Å². The molecule has 2 N–H and O–H groups in total. The Balaban J connectivity index is 2.36. The second-order valence-corrected chi connectivity index (χ2v) is 4.58. The van der Waals surface area contributed by atoms with Crippen molar-refractivity contribution in [2.24, 2.45) is 0 Å². The molecule has 17 heavy (non-hydrogen) atoms. The molecule has 1 atom stereocenters. The van der Waals surface area contributed by atoms with Crippen LogP contribution in [0.2, 0.25) is 0 Å². The van der Waals surface area contributed by atoms with Crippen molar-refractivity contribution < 1.29 is 14.6 Å². The lowest BCUT2D eigenvalue weighted by molar-refractivity contribution is 0.0401. The summed E-state index contributed by atoms with van der Waals surface area (Å²) in [5.74, 6) is 0. The maximum atomic E-state index is 11.4. The monoisotopic (exact) mass is 237 g/mol.